The number of aromatic nitrogens is 2. The zero-order chi connectivity index (χ0) is 19.2. The summed E-state index contributed by atoms with van der Waals surface area (Å²) in [7, 11) is 0. The maximum atomic E-state index is 12.0. The van der Waals surface area contributed by atoms with Gasteiger partial charge in [0.15, 0.2) is 0 Å². The number of halogens is 1. The van der Waals surface area contributed by atoms with Crippen molar-refractivity contribution >= 4 is 35.5 Å². The Labute approximate surface area is 167 Å². The van der Waals surface area contributed by atoms with Gasteiger partial charge in [0, 0.05) is 45.0 Å². The van der Waals surface area contributed by atoms with Crippen LogP contribution in [0, 0.1) is 13.8 Å². The molecule has 7 heteroatoms. The molecule has 0 aliphatic heterocycles. The first-order valence-corrected chi connectivity index (χ1v) is 9.70. The number of rotatable bonds is 6. The summed E-state index contributed by atoms with van der Waals surface area (Å²) in [6.45, 7) is 4.05. The quantitative estimate of drug-likeness (QED) is 0.380. The first-order chi connectivity index (χ1) is 13.0. The number of nitrogens with one attached hydrogen (secondary N) is 1. The van der Waals surface area contributed by atoms with Gasteiger partial charge in [0.2, 0.25) is 5.91 Å². The Kier molecular flexibility index (Phi) is 6.32. The second-order valence-corrected chi connectivity index (χ2v) is 7.39. The minimum atomic E-state index is -0.158. The average Bonchev–Trinajstić information content (AvgIpc) is 2.95. The van der Waals surface area contributed by atoms with Crippen LogP contribution in [-0.4, -0.2) is 27.4 Å². The number of carbonyl (C=O) groups excluding carboxylic acids is 1. The minimum Gasteiger partial charge on any atom is -0.318 e. The molecule has 138 valence electrons. The van der Waals surface area contributed by atoms with Crippen molar-refractivity contribution in [3.63, 3.8) is 0 Å². The largest absolute Gasteiger partial charge is 0.318 e. The molecular formula is C20H19ClN4OS. The number of nitrogens with zero attached hydrogens (tertiary/aromatic N) is 3. The molecule has 0 saturated heterocycles. The summed E-state index contributed by atoms with van der Waals surface area (Å²) in [6.07, 6.45) is 5.20. The van der Waals surface area contributed by atoms with Crippen molar-refractivity contribution in [1.82, 2.24) is 15.0 Å². The van der Waals surface area contributed by atoms with Crippen LogP contribution >= 0.6 is 23.4 Å². The van der Waals surface area contributed by atoms with Crippen molar-refractivity contribution in [1.29, 1.82) is 0 Å². The predicted octanol–water partition coefficient (Wildman–Crippen LogP) is 4.38. The highest BCUT2D eigenvalue weighted by atomic mass is 35.5. The van der Waals surface area contributed by atoms with E-state index in [0.29, 0.717) is 5.02 Å². The molecule has 0 spiro atoms. The molecule has 0 saturated carbocycles. The van der Waals surface area contributed by atoms with Crippen LogP contribution in [0.2, 0.25) is 5.02 Å². The number of amides is 1. The van der Waals surface area contributed by atoms with Crippen molar-refractivity contribution in [2.24, 2.45) is 5.10 Å². The Hall–Kier alpha value is -2.57. The fraction of sp³-hybridized carbons (Fsp3) is 0.150. The molecule has 0 atom stereocenters. The minimum absolute atomic E-state index is 0.158. The van der Waals surface area contributed by atoms with E-state index in [4.69, 9.17) is 11.6 Å². The molecule has 5 nitrogen and oxygen atoms in total. The zero-order valence-electron chi connectivity index (χ0n) is 15.0. The van der Waals surface area contributed by atoms with E-state index in [-0.39, 0.29) is 11.7 Å². The summed E-state index contributed by atoms with van der Waals surface area (Å²) in [5, 5.41) is 4.77. The van der Waals surface area contributed by atoms with E-state index < -0.39 is 0 Å². The molecule has 1 N–H and O–H groups in total. The van der Waals surface area contributed by atoms with Gasteiger partial charge in [-0.1, -0.05) is 11.6 Å². The number of benzene rings is 1. The second kappa shape index (κ2) is 8.88. The Morgan fingerprint density at radius 2 is 1.93 bits per heavy atom. The van der Waals surface area contributed by atoms with Gasteiger partial charge in [0.1, 0.15) is 0 Å². The summed E-state index contributed by atoms with van der Waals surface area (Å²) in [5.74, 6) is 0.129. The average molecular weight is 399 g/mol. The fourth-order valence-corrected chi connectivity index (χ4v) is 3.51. The molecule has 0 radical (unpaired) electrons. The molecule has 27 heavy (non-hydrogen) atoms. The molecule has 3 rings (SSSR count). The van der Waals surface area contributed by atoms with Gasteiger partial charge in [-0.3, -0.25) is 9.78 Å². The van der Waals surface area contributed by atoms with Gasteiger partial charge in [-0.2, -0.15) is 5.10 Å². The molecule has 0 aliphatic rings. The topological polar surface area (TPSA) is 59.3 Å². The number of aryl methyl sites for hydroxylation is 1. The van der Waals surface area contributed by atoms with Crippen LogP contribution in [-0.2, 0) is 4.79 Å². The highest BCUT2D eigenvalue weighted by molar-refractivity contribution is 8.00. The fourth-order valence-electron chi connectivity index (χ4n) is 2.69. The Bertz CT molecular complexity index is 952. The molecule has 0 fully saturated rings. The van der Waals surface area contributed by atoms with Crippen LogP contribution in [0.25, 0.3) is 5.69 Å². The number of thioether (sulfide) groups is 1. The number of carbonyl (C=O) groups is 1. The molecule has 3 aromatic rings. The molecule has 0 unspecified atom stereocenters. The lowest BCUT2D eigenvalue weighted by Gasteiger charge is -2.08. The predicted molar refractivity (Wildman–Crippen MR) is 111 cm³/mol. The van der Waals surface area contributed by atoms with Crippen LogP contribution < -0.4 is 5.43 Å². The van der Waals surface area contributed by atoms with Gasteiger partial charge >= 0.3 is 0 Å². The monoisotopic (exact) mass is 398 g/mol. The Morgan fingerprint density at radius 1 is 1.22 bits per heavy atom. The lowest BCUT2D eigenvalue weighted by Crippen LogP contribution is -2.19. The maximum absolute atomic E-state index is 12.0. The van der Waals surface area contributed by atoms with Crippen LogP contribution in [0.15, 0.2) is 64.9 Å². The van der Waals surface area contributed by atoms with E-state index in [2.05, 4.69) is 20.1 Å². The zero-order valence-corrected chi connectivity index (χ0v) is 16.6. The summed E-state index contributed by atoms with van der Waals surface area (Å²) in [4.78, 5) is 17.0. The number of hydrogen-bond acceptors (Lipinski definition) is 4. The van der Waals surface area contributed by atoms with Crippen molar-refractivity contribution in [2.75, 3.05) is 5.75 Å². The van der Waals surface area contributed by atoms with Crippen LogP contribution in [0.1, 0.15) is 17.0 Å². The van der Waals surface area contributed by atoms with Crippen molar-refractivity contribution in [3.05, 3.63) is 76.8 Å². The third-order valence-electron chi connectivity index (χ3n) is 3.97. The molecule has 2 aromatic heterocycles. The Morgan fingerprint density at radius 3 is 2.63 bits per heavy atom. The molecule has 0 bridgehead atoms. The summed E-state index contributed by atoms with van der Waals surface area (Å²) in [5.41, 5.74) is 6.71. The first-order valence-electron chi connectivity index (χ1n) is 8.34. The van der Waals surface area contributed by atoms with E-state index in [1.807, 2.05) is 44.2 Å². The van der Waals surface area contributed by atoms with Crippen LogP contribution in [0.5, 0.6) is 0 Å². The van der Waals surface area contributed by atoms with Crippen LogP contribution in [0.4, 0.5) is 0 Å². The van der Waals surface area contributed by atoms with Gasteiger partial charge in [-0.25, -0.2) is 5.43 Å². The lowest BCUT2D eigenvalue weighted by molar-refractivity contribution is -0.118. The van der Waals surface area contributed by atoms with Crippen molar-refractivity contribution < 1.29 is 4.79 Å². The molecule has 1 aromatic carbocycles. The third-order valence-corrected chi connectivity index (χ3v) is 5.23. The van der Waals surface area contributed by atoms with Gasteiger partial charge in [0.05, 0.1) is 12.0 Å². The highest BCUT2D eigenvalue weighted by Crippen LogP contribution is 2.20. The Balaban J connectivity index is 1.60. The van der Waals surface area contributed by atoms with Crippen LogP contribution in [0.3, 0.4) is 0 Å². The smallest absolute Gasteiger partial charge is 0.250 e. The molecule has 0 aliphatic carbocycles. The van der Waals surface area contributed by atoms with Gasteiger partial charge in [-0.15, -0.1) is 11.8 Å². The van der Waals surface area contributed by atoms with Gasteiger partial charge < -0.3 is 4.57 Å². The number of hydrazone groups is 1. The van der Waals surface area contributed by atoms with E-state index >= 15 is 0 Å². The van der Waals surface area contributed by atoms with E-state index in [1.54, 1.807) is 30.7 Å². The number of hydrogen-bond donors (Lipinski definition) is 1. The highest BCUT2D eigenvalue weighted by Gasteiger charge is 2.09. The maximum Gasteiger partial charge on any atom is 0.250 e. The summed E-state index contributed by atoms with van der Waals surface area (Å²) in [6, 6.07) is 13.3. The summed E-state index contributed by atoms with van der Waals surface area (Å²) < 4.78 is 2.13. The molecule has 2 heterocycles. The number of pyridine rings is 1. The SMILES string of the molecule is Cc1cc(/C=N\NC(=O)CSc2ccc(Cl)cc2)c(C)n1-c1ccncc1. The lowest BCUT2D eigenvalue weighted by atomic mass is 10.2. The molecular weight excluding hydrogens is 380 g/mol. The summed E-state index contributed by atoms with van der Waals surface area (Å²) >= 11 is 7.29. The normalized spacial score (nSPS) is 11.1. The van der Waals surface area contributed by atoms with E-state index in [0.717, 1.165) is 27.5 Å². The first kappa shape index (κ1) is 19.2. The van der Waals surface area contributed by atoms with Crippen molar-refractivity contribution in [2.45, 2.75) is 18.7 Å². The van der Waals surface area contributed by atoms with Gasteiger partial charge in [-0.05, 0) is 56.3 Å². The van der Waals surface area contributed by atoms with Crippen molar-refractivity contribution in [3.8, 4) is 5.69 Å². The van der Waals surface area contributed by atoms with E-state index in [9.17, 15) is 4.79 Å². The second-order valence-electron chi connectivity index (χ2n) is 5.90. The third kappa shape index (κ3) is 4.99. The van der Waals surface area contributed by atoms with E-state index in [1.165, 1.54) is 11.8 Å². The van der Waals surface area contributed by atoms with Gasteiger partial charge in [0.25, 0.3) is 0 Å². The molecule has 1 amide bonds. The standard InChI is InChI=1S/C20H19ClN4OS/c1-14-11-16(15(2)25(14)18-7-9-22-10-8-18)12-23-24-20(26)13-27-19-5-3-17(21)4-6-19/h3-12H,13H2,1-2H3,(H,24,26)/b23-12-.